The van der Waals surface area contributed by atoms with Gasteiger partial charge in [-0.3, -0.25) is 9.69 Å². The van der Waals surface area contributed by atoms with Gasteiger partial charge in [0.2, 0.25) is 5.91 Å². The normalized spacial score (nSPS) is 24.3. The Morgan fingerprint density at radius 2 is 1.79 bits per heavy atom. The minimum atomic E-state index is -0.192. The molecule has 0 bridgehead atoms. The van der Waals surface area contributed by atoms with E-state index in [0.717, 1.165) is 57.4 Å². The molecule has 1 amide bonds. The molecular formula is C24H30N4O. The number of aromatic amines is 1. The number of carbonyl (C=O) groups excluding carboxylic acids is 1. The van der Waals surface area contributed by atoms with Crippen LogP contribution in [0.25, 0.3) is 0 Å². The van der Waals surface area contributed by atoms with Crippen LogP contribution in [0.1, 0.15) is 54.6 Å². The lowest BCUT2D eigenvalue weighted by molar-refractivity contribution is -0.149. The Balaban J connectivity index is 1.24. The average molecular weight is 391 g/mol. The van der Waals surface area contributed by atoms with Gasteiger partial charge in [-0.1, -0.05) is 30.7 Å². The molecule has 1 saturated heterocycles. The highest BCUT2D eigenvalue weighted by Gasteiger charge is 2.50. The van der Waals surface area contributed by atoms with E-state index in [-0.39, 0.29) is 11.5 Å². The molecular weight excluding hydrogens is 360 g/mol. The number of likely N-dealkylation sites (tertiary alicyclic amines) is 1. The van der Waals surface area contributed by atoms with E-state index in [9.17, 15) is 4.79 Å². The summed E-state index contributed by atoms with van der Waals surface area (Å²) in [7, 11) is 0. The standard InChI is InChI=1S/C24H30N4O/c29-23(17-6-3-7-17)28-11-8-21-22(26-16-25-21)24(28)9-12-27(13-10-24)20-14-18-4-1-2-5-19(18)15-20/h1-2,4-5,16-17,20H,3,6-15H2,(H,25,26). The lowest BCUT2D eigenvalue weighted by atomic mass is 9.76. The molecule has 2 fully saturated rings. The average Bonchev–Trinajstić information content (AvgIpc) is 3.35. The van der Waals surface area contributed by atoms with Crippen LogP contribution in [-0.4, -0.2) is 51.4 Å². The van der Waals surface area contributed by atoms with Crippen molar-refractivity contribution in [2.45, 2.75) is 62.9 Å². The molecule has 5 heteroatoms. The van der Waals surface area contributed by atoms with Gasteiger partial charge in [0.15, 0.2) is 0 Å². The van der Waals surface area contributed by atoms with Crippen molar-refractivity contribution in [1.82, 2.24) is 19.8 Å². The molecule has 1 saturated carbocycles. The lowest BCUT2D eigenvalue weighted by Crippen LogP contribution is -2.60. The van der Waals surface area contributed by atoms with Crippen LogP contribution in [0.4, 0.5) is 0 Å². The van der Waals surface area contributed by atoms with E-state index in [0.29, 0.717) is 11.9 Å². The summed E-state index contributed by atoms with van der Waals surface area (Å²) in [4.78, 5) is 26.4. The van der Waals surface area contributed by atoms with Crippen molar-refractivity contribution < 1.29 is 4.79 Å². The van der Waals surface area contributed by atoms with Gasteiger partial charge in [-0.05, 0) is 49.7 Å². The van der Waals surface area contributed by atoms with Gasteiger partial charge in [0, 0.05) is 43.7 Å². The number of rotatable bonds is 2. The molecule has 29 heavy (non-hydrogen) atoms. The monoisotopic (exact) mass is 390 g/mol. The van der Waals surface area contributed by atoms with Crippen LogP contribution in [0, 0.1) is 5.92 Å². The van der Waals surface area contributed by atoms with Crippen LogP contribution in [0.5, 0.6) is 0 Å². The predicted molar refractivity (Wildman–Crippen MR) is 111 cm³/mol. The molecule has 1 spiro atoms. The van der Waals surface area contributed by atoms with Crippen molar-refractivity contribution in [2.24, 2.45) is 5.92 Å². The Morgan fingerprint density at radius 3 is 2.45 bits per heavy atom. The van der Waals surface area contributed by atoms with Gasteiger partial charge < -0.3 is 9.88 Å². The molecule has 2 aliphatic carbocycles. The van der Waals surface area contributed by atoms with Crippen LogP contribution >= 0.6 is 0 Å². The van der Waals surface area contributed by atoms with Crippen molar-refractivity contribution in [3.63, 3.8) is 0 Å². The highest BCUT2D eigenvalue weighted by molar-refractivity contribution is 5.81. The van der Waals surface area contributed by atoms with Crippen molar-refractivity contribution >= 4 is 5.91 Å². The Morgan fingerprint density at radius 1 is 1.07 bits per heavy atom. The van der Waals surface area contributed by atoms with E-state index >= 15 is 0 Å². The number of hydrogen-bond acceptors (Lipinski definition) is 3. The topological polar surface area (TPSA) is 52.2 Å². The lowest BCUT2D eigenvalue weighted by Gasteiger charge is -2.52. The predicted octanol–water partition coefficient (Wildman–Crippen LogP) is 3.05. The first kappa shape index (κ1) is 17.7. The molecule has 3 heterocycles. The van der Waals surface area contributed by atoms with Crippen molar-refractivity contribution in [3.8, 4) is 0 Å². The fraction of sp³-hybridized carbons (Fsp3) is 0.583. The van der Waals surface area contributed by atoms with E-state index in [4.69, 9.17) is 4.98 Å². The fourth-order valence-corrected chi connectivity index (χ4v) is 6.23. The van der Waals surface area contributed by atoms with Crippen LogP contribution in [-0.2, 0) is 29.6 Å². The second-order valence-electron chi connectivity index (χ2n) is 9.50. The highest BCUT2D eigenvalue weighted by Crippen LogP contribution is 2.45. The van der Waals surface area contributed by atoms with Gasteiger partial charge in [0.05, 0.1) is 17.6 Å². The second-order valence-corrected chi connectivity index (χ2v) is 9.50. The summed E-state index contributed by atoms with van der Waals surface area (Å²) in [5, 5.41) is 0. The molecule has 6 rings (SSSR count). The number of fused-ring (bicyclic) bond motifs is 3. The van der Waals surface area contributed by atoms with E-state index in [2.05, 4.69) is 39.0 Å². The third kappa shape index (κ3) is 2.70. The smallest absolute Gasteiger partial charge is 0.226 e. The molecule has 1 N–H and O–H groups in total. The van der Waals surface area contributed by atoms with Crippen molar-refractivity contribution in [3.05, 3.63) is 53.1 Å². The molecule has 152 valence electrons. The molecule has 0 atom stereocenters. The zero-order valence-electron chi connectivity index (χ0n) is 17.1. The SMILES string of the molecule is O=C(C1CCC1)N1CCc2[nH]cnc2C12CCN(C1Cc3ccccc3C1)CC2. The number of nitrogens with zero attached hydrogens (tertiary/aromatic N) is 3. The Hall–Kier alpha value is -2.14. The summed E-state index contributed by atoms with van der Waals surface area (Å²) in [6.07, 6.45) is 10.5. The van der Waals surface area contributed by atoms with Crippen LogP contribution in [0.3, 0.4) is 0 Å². The van der Waals surface area contributed by atoms with Gasteiger partial charge in [0.25, 0.3) is 0 Å². The highest BCUT2D eigenvalue weighted by atomic mass is 16.2. The first-order chi connectivity index (χ1) is 14.2. The molecule has 2 aliphatic heterocycles. The summed E-state index contributed by atoms with van der Waals surface area (Å²) in [5.41, 5.74) is 5.26. The molecule has 0 radical (unpaired) electrons. The van der Waals surface area contributed by atoms with Crippen LogP contribution in [0.2, 0.25) is 0 Å². The summed E-state index contributed by atoms with van der Waals surface area (Å²) in [6.45, 7) is 2.96. The summed E-state index contributed by atoms with van der Waals surface area (Å²) >= 11 is 0. The van der Waals surface area contributed by atoms with Gasteiger partial charge in [0.1, 0.15) is 0 Å². The number of hydrogen-bond donors (Lipinski definition) is 1. The van der Waals surface area contributed by atoms with E-state index in [1.165, 1.54) is 36.1 Å². The van der Waals surface area contributed by atoms with Gasteiger partial charge in [-0.25, -0.2) is 4.98 Å². The van der Waals surface area contributed by atoms with E-state index in [1.54, 1.807) is 0 Å². The van der Waals surface area contributed by atoms with E-state index in [1.807, 2.05) is 6.33 Å². The van der Waals surface area contributed by atoms with Gasteiger partial charge in [-0.2, -0.15) is 0 Å². The molecule has 1 aromatic carbocycles. The molecule has 1 aromatic heterocycles. The zero-order valence-corrected chi connectivity index (χ0v) is 17.1. The third-order valence-corrected chi connectivity index (χ3v) is 8.15. The van der Waals surface area contributed by atoms with E-state index < -0.39 is 0 Å². The molecule has 0 unspecified atom stereocenters. The number of piperidine rings is 1. The maximum Gasteiger partial charge on any atom is 0.226 e. The fourth-order valence-electron chi connectivity index (χ4n) is 6.23. The van der Waals surface area contributed by atoms with Gasteiger partial charge >= 0.3 is 0 Å². The molecule has 2 aromatic rings. The first-order valence-electron chi connectivity index (χ1n) is 11.4. The van der Waals surface area contributed by atoms with Crippen LogP contribution in [0.15, 0.2) is 30.6 Å². The number of nitrogens with one attached hydrogen (secondary N) is 1. The minimum Gasteiger partial charge on any atom is -0.348 e. The third-order valence-electron chi connectivity index (χ3n) is 8.15. The molecule has 4 aliphatic rings. The Labute approximate surface area is 172 Å². The Bertz CT molecular complexity index is 897. The molecule has 5 nitrogen and oxygen atoms in total. The minimum absolute atomic E-state index is 0.192. The quantitative estimate of drug-likeness (QED) is 0.858. The summed E-state index contributed by atoms with van der Waals surface area (Å²) < 4.78 is 0. The number of carbonyl (C=O) groups is 1. The van der Waals surface area contributed by atoms with Crippen LogP contribution < -0.4 is 0 Å². The number of H-pyrrole nitrogens is 1. The first-order valence-corrected chi connectivity index (χ1v) is 11.4. The zero-order chi connectivity index (χ0) is 19.4. The number of amides is 1. The number of aromatic nitrogens is 2. The summed E-state index contributed by atoms with van der Waals surface area (Å²) in [5.74, 6) is 0.654. The number of imidazole rings is 1. The summed E-state index contributed by atoms with van der Waals surface area (Å²) in [6, 6.07) is 9.52. The maximum absolute atomic E-state index is 13.3. The maximum atomic E-state index is 13.3. The number of benzene rings is 1. The second kappa shape index (κ2) is 6.69. The largest absolute Gasteiger partial charge is 0.348 e. The Kier molecular flexibility index (Phi) is 4.09. The van der Waals surface area contributed by atoms with Gasteiger partial charge in [-0.15, -0.1) is 0 Å². The van der Waals surface area contributed by atoms with Crippen molar-refractivity contribution in [1.29, 1.82) is 0 Å². The van der Waals surface area contributed by atoms with Crippen molar-refractivity contribution in [2.75, 3.05) is 19.6 Å².